The van der Waals surface area contributed by atoms with Gasteiger partial charge >= 0.3 is 0 Å². The molecule has 136 valence electrons. The third kappa shape index (κ3) is 3.68. The van der Waals surface area contributed by atoms with Crippen LogP contribution in [-0.4, -0.2) is 20.5 Å². The van der Waals surface area contributed by atoms with E-state index in [1.165, 1.54) is 30.6 Å². The van der Waals surface area contributed by atoms with Crippen molar-refractivity contribution in [1.82, 2.24) is 4.98 Å². The summed E-state index contributed by atoms with van der Waals surface area (Å²) in [5.74, 6) is -1.72. The Balaban J connectivity index is 2.05. The molecule has 1 heterocycles. The Bertz CT molecular complexity index is 1070. The number of thiazole rings is 1. The lowest BCUT2D eigenvalue weighted by molar-refractivity contribution is 0.403. The van der Waals surface area contributed by atoms with E-state index in [-0.39, 0.29) is 16.3 Å². The van der Waals surface area contributed by atoms with Crippen LogP contribution in [0.5, 0.6) is 5.75 Å². The maximum Gasteiger partial charge on any atom is 0.265 e. The minimum Gasteiger partial charge on any atom is -0.495 e. The molecule has 3 rings (SSSR count). The highest BCUT2D eigenvalue weighted by molar-refractivity contribution is 7.92. The number of halogens is 2. The number of nitrogens with zero attached hydrogens (tertiary/aromatic N) is 1. The van der Waals surface area contributed by atoms with Crippen LogP contribution in [0.3, 0.4) is 0 Å². The number of aromatic nitrogens is 1. The van der Waals surface area contributed by atoms with Crippen molar-refractivity contribution in [3.63, 3.8) is 0 Å². The lowest BCUT2D eigenvalue weighted by Gasteiger charge is -2.13. The van der Waals surface area contributed by atoms with E-state index in [9.17, 15) is 17.2 Å². The van der Waals surface area contributed by atoms with Gasteiger partial charge in [0.05, 0.1) is 23.5 Å². The fraction of sp³-hybridized carbons (Fsp3) is 0.118. The van der Waals surface area contributed by atoms with Gasteiger partial charge in [-0.15, -0.1) is 11.3 Å². The van der Waals surface area contributed by atoms with Crippen LogP contribution in [0.2, 0.25) is 0 Å². The third-order valence-electron chi connectivity index (χ3n) is 3.54. The molecule has 0 fully saturated rings. The molecule has 26 heavy (non-hydrogen) atoms. The molecule has 0 atom stereocenters. The summed E-state index contributed by atoms with van der Waals surface area (Å²) >= 11 is 1.44. The third-order valence-corrected chi connectivity index (χ3v) is 5.70. The predicted octanol–water partition coefficient (Wildman–Crippen LogP) is 4.21. The Kier molecular flexibility index (Phi) is 4.92. The van der Waals surface area contributed by atoms with E-state index in [1.54, 1.807) is 11.4 Å². The molecule has 0 aliphatic heterocycles. The zero-order valence-corrected chi connectivity index (χ0v) is 15.4. The molecule has 5 nitrogen and oxygen atoms in total. The van der Waals surface area contributed by atoms with Gasteiger partial charge in [-0.25, -0.2) is 22.2 Å². The molecule has 0 spiro atoms. The van der Waals surface area contributed by atoms with E-state index in [1.807, 2.05) is 6.92 Å². The molecule has 0 aliphatic rings. The topological polar surface area (TPSA) is 68.3 Å². The monoisotopic (exact) mass is 396 g/mol. The number of rotatable bonds is 5. The first kappa shape index (κ1) is 18.3. The lowest BCUT2D eigenvalue weighted by Crippen LogP contribution is -2.15. The van der Waals surface area contributed by atoms with Crippen molar-refractivity contribution in [2.75, 3.05) is 11.8 Å². The molecule has 0 aliphatic carbocycles. The number of methoxy groups -OCH3 is 1. The molecule has 0 bridgehead atoms. The number of aryl methyl sites for hydroxylation is 1. The summed E-state index contributed by atoms with van der Waals surface area (Å²) in [6.07, 6.45) is 0. The maximum absolute atomic E-state index is 13.8. The number of sulfonamides is 1. The summed E-state index contributed by atoms with van der Waals surface area (Å²) in [6, 6.07) is 7.17. The van der Waals surface area contributed by atoms with Crippen molar-refractivity contribution in [3.05, 3.63) is 58.4 Å². The quantitative estimate of drug-likeness (QED) is 0.702. The molecule has 0 amide bonds. The van der Waals surface area contributed by atoms with E-state index < -0.39 is 21.7 Å². The summed E-state index contributed by atoms with van der Waals surface area (Å²) in [7, 11) is -2.84. The largest absolute Gasteiger partial charge is 0.495 e. The lowest BCUT2D eigenvalue weighted by atomic mass is 10.2. The van der Waals surface area contributed by atoms with Crippen LogP contribution in [0, 0.1) is 18.6 Å². The Labute approximate surface area is 153 Å². The number of ether oxygens (including phenoxy) is 1. The molecule has 9 heteroatoms. The second-order valence-electron chi connectivity index (χ2n) is 5.35. The summed E-state index contributed by atoms with van der Waals surface area (Å²) < 4.78 is 59.6. The van der Waals surface area contributed by atoms with Crippen LogP contribution < -0.4 is 9.46 Å². The van der Waals surface area contributed by atoms with Gasteiger partial charge in [-0.2, -0.15) is 0 Å². The van der Waals surface area contributed by atoms with Crippen LogP contribution in [0.4, 0.5) is 14.5 Å². The van der Waals surface area contributed by atoms with Gasteiger partial charge in [0.25, 0.3) is 10.0 Å². The summed E-state index contributed by atoms with van der Waals surface area (Å²) in [5, 5.41) is 2.65. The molecule has 0 unspecified atom stereocenters. The Morgan fingerprint density at radius 3 is 2.54 bits per heavy atom. The highest BCUT2D eigenvalue weighted by Crippen LogP contribution is 2.32. The first-order valence-corrected chi connectivity index (χ1v) is 9.75. The fourth-order valence-electron chi connectivity index (χ4n) is 2.31. The van der Waals surface area contributed by atoms with Gasteiger partial charge in [0.15, 0.2) is 0 Å². The molecule has 3 aromatic rings. The Hall–Kier alpha value is -2.52. The average molecular weight is 396 g/mol. The number of nitrogens with one attached hydrogen (secondary N) is 1. The predicted molar refractivity (Wildman–Crippen MR) is 96.0 cm³/mol. The van der Waals surface area contributed by atoms with Crippen LogP contribution in [0.25, 0.3) is 11.3 Å². The normalized spacial score (nSPS) is 11.4. The van der Waals surface area contributed by atoms with Gasteiger partial charge in [-0.1, -0.05) is 0 Å². The minimum absolute atomic E-state index is 0.0933. The van der Waals surface area contributed by atoms with Crippen LogP contribution >= 0.6 is 11.3 Å². The van der Waals surface area contributed by atoms with Crippen molar-refractivity contribution in [3.8, 4) is 17.0 Å². The fourth-order valence-corrected chi connectivity index (χ4v) is 4.20. The molecule has 0 saturated carbocycles. The van der Waals surface area contributed by atoms with Crippen molar-refractivity contribution in [1.29, 1.82) is 0 Å². The second kappa shape index (κ2) is 7.00. The van der Waals surface area contributed by atoms with E-state index >= 15 is 0 Å². The highest BCUT2D eigenvalue weighted by Gasteiger charge is 2.22. The first-order valence-electron chi connectivity index (χ1n) is 7.38. The molecular weight excluding hydrogens is 382 g/mol. The van der Waals surface area contributed by atoms with Gasteiger partial charge in [0, 0.05) is 17.0 Å². The van der Waals surface area contributed by atoms with Crippen molar-refractivity contribution in [2.45, 2.75) is 11.8 Å². The Morgan fingerprint density at radius 2 is 1.92 bits per heavy atom. The smallest absolute Gasteiger partial charge is 0.265 e. The van der Waals surface area contributed by atoms with Crippen LogP contribution in [0.15, 0.2) is 46.7 Å². The van der Waals surface area contributed by atoms with E-state index in [4.69, 9.17) is 4.74 Å². The van der Waals surface area contributed by atoms with Gasteiger partial charge in [-0.3, -0.25) is 4.72 Å². The molecule has 1 N–H and O–H groups in total. The zero-order valence-electron chi connectivity index (χ0n) is 13.8. The molecule has 2 aromatic carbocycles. The molecule has 1 aromatic heterocycles. The Morgan fingerprint density at radius 1 is 1.15 bits per heavy atom. The van der Waals surface area contributed by atoms with E-state index in [0.717, 1.165) is 17.1 Å². The second-order valence-corrected chi connectivity index (χ2v) is 8.06. The van der Waals surface area contributed by atoms with Crippen molar-refractivity contribution in [2.24, 2.45) is 0 Å². The highest BCUT2D eigenvalue weighted by atomic mass is 32.2. The van der Waals surface area contributed by atoms with Crippen molar-refractivity contribution < 1.29 is 21.9 Å². The van der Waals surface area contributed by atoms with Crippen LogP contribution in [-0.2, 0) is 10.0 Å². The minimum atomic E-state index is -4.18. The number of benzene rings is 2. The number of anilines is 1. The molecular formula is C17H14F2N2O3S2. The zero-order chi connectivity index (χ0) is 18.9. The van der Waals surface area contributed by atoms with E-state index in [0.29, 0.717) is 17.3 Å². The van der Waals surface area contributed by atoms with Gasteiger partial charge < -0.3 is 4.74 Å². The van der Waals surface area contributed by atoms with Crippen molar-refractivity contribution >= 4 is 27.0 Å². The molecule has 0 radical (unpaired) electrons. The molecule has 0 saturated heterocycles. The van der Waals surface area contributed by atoms with Gasteiger partial charge in [0.1, 0.15) is 22.3 Å². The van der Waals surface area contributed by atoms with Gasteiger partial charge in [0.2, 0.25) is 0 Å². The number of hydrogen-bond donors (Lipinski definition) is 1. The standard InChI is InChI=1S/C17H14F2N2O3S2/c1-10-20-15(9-25-10)11-3-6-16(24-2)17(7-11)26(22,23)21-14-5-4-12(18)8-13(14)19/h3-9,21H,1-2H3. The average Bonchev–Trinajstić information content (AvgIpc) is 3.03. The summed E-state index contributed by atoms with van der Waals surface area (Å²) in [4.78, 5) is 4.15. The summed E-state index contributed by atoms with van der Waals surface area (Å²) in [6.45, 7) is 1.84. The summed E-state index contributed by atoms with van der Waals surface area (Å²) in [5.41, 5.74) is 0.845. The number of hydrogen-bond acceptors (Lipinski definition) is 5. The van der Waals surface area contributed by atoms with Crippen LogP contribution in [0.1, 0.15) is 5.01 Å². The van der Waals surface area contributed by atoms with E-state index in [2.05, 4.69) is 9.71 Å². The maximum atomic E-state index is 13.8. The first-order chi connectivity index (χ1) is 12.3. The SMILES string of the molecule is COc1ccc(-c2csc(C)n2)cc1S(=O)(=O)Nc1ccc(F)cc1F. The van der Waals surface area contributed by atoms with Gasteiger partial charge in [-0.05, 0) is 37.3 Å².